The summed E-state index contributed by atoms with van der Waals surface area (Å²) in [6, 6.07) is 6.31. The molecule has 0 saturated carbocycles. The molecular formula is C16H23F2NO2. The molecule has 0 fully saturated rings. The zero-order valence-electron chi connectivity index (χ0n) is 12.6. The predicted molar refractivity (Wildman–Crippen MR) is 78.1 cm³/mol. The fourth-order valence-electron chi connectivity index (χ4n) is 2.67. The number of nitrogens with one attached hydrogen (secondary N) is 1. The molecule has 5 heteroatoms. The summed E-state index contributed by atoms with van der Waals surface area (Å²) in [5.41, 5.74) is 2.38. The van der Waals surface area contributed by atoms with Gasteiger partial charge in [-0.3, -0.25) is 0 Å². The Labute approximate surface area is 124 Å². The average Bonchev–Trinajstić information content (AvgIpc) is 2.81. The molecule has 3 nitrogen and oxygen atoms in total. The van der Waals surface area contributed by atoms with Crippen LogP contribution in [0.3, 0.4) is 0 Å². The highest BCUT2D eigenvalue weighted by molar-refractivity contribution is 5.41. The van der Waals surface area contributed by atoms with E-state index in [-0.39, 0.29) is 12.1 Å². The Hall–Kier alpha value is -1.20. The van der Waals surface area contributed by atoms with Gasteiger partial charge in [0.25, 0.3) is 6.43 Å². The number of hydrogen-bond donors (Lipinski definition) is 1. The minimum absolute atomic E-state index is 0.119. The van der Waals surface area contributed by atoms with Crippen LogP contribution in [0.5, 0.6) is 5.75 Å². The maximum atomic E-state index is 12.1. The van der Waals surface area contributed by atoms with Crippen LogP contribution < -0.4 is 10.1 Å². The van der Waals surface area contributed by atoms with Crippen molar-refractivity contribution in [1.29, 1.82) is 0 Å². The maximum absolute atomic E-state index is 12.1. The number of hydrogen-bond acceptors (Lipinski definition) is 3. The van der Waals surface area contributed by atoms with E-state index in [2.05, 4.69) is 18.3 Å². The van der Waals surface area contributed by atoms with Crippen LogP contribution >= 0.6 is 0 Å². The van der Waals surface area contributed by atoms with Crippen LogP contribution in [-0.4, -0.2) is 32.3 Å². The van der Waals surface area contributed by atoms with Gasteiger partial charge >= 0.3 is 0 Å². The molecule has 0 bridgehead atoms. The zero-order valence-corrected chi connectivity index (χ0v) is 12.6. The van der Waals surface area contributed by atoms with E-state index >= 15 is 0 Å². The lowest BCUT2D eigenvalue weighted by Gasteiger charge is -2.19. The van der Waals surface area contributed by atoms with Crippen LogP contribution in [0, 0.1) is 0 Å². The first-order valence-corrected chi connectivity index (χ1v) is 7.49. The Morgan fingerprint density at radius 1 is 1.43 bits per heavy atom. The lowest BCUT2D eigenvalue weighted by Crippen LogP contribution is -2.23. The molecule has 0 aromatic heterocycles. The van der Waals surface area contributed by atoms with Gasteiger partial charge in [-0.25, -0.2) is 8.78 Å². The van der Waals surface area contributed by atoms with Gasteiger partial charge in [0.05, 0.1) is 0 Å². The topological polar surface area (TPSA) is 30.5 Å². The maximum Gasteiger partial charge on any atom is 0.261 e. The van der Waals surface area contributed by atoms with Gasteiger partial charge in [0.2, 0.25) is 0 Å². The molecular weight excluding hydrogens is 276 g/mol. The normalized spacial score (nSPS) is 18.6. The van der Waals surface area contributed by atoms with Crippen molar-refractivity contribution in [3.8, 4) is 5.75 Å². The summed E-state index contributed by atoms with van der Waals surface area (Å²) in [5, 5.41) is 3.38. The van der Waals surface area contributed by atoms with Gasteiger partial charge in [-0.15, -0.1) is 0 Å². The van der Waals surface area contributed by atoms with Crippen LogP contribution in [0.25, 0.3) is 0 Å². The first kappa shape index (κ1) is 16.2. The van der Waals surface area contributed by atoms with Crippen molar-refractivity contribution in [1.82, 2.24) is 5.32 Å². The fourth-order valence-corrected chi connectivity index (χ4v) is 2.67. The van der Waals surface area contributed by atoms with Crippen molar-refractivity contribution in [3.05, 3.63) is 29.3 Å². The van der Waals surface area contributed by atoms with E-state index in [0.717, 1.165) is 24.3 Å². The van der Waals surface area contributed by atoms with E-state index in [1.165, 1.54) is 5.56 Å². The first-order chi connectivity index (χ1) is 10.1. The van der Waals surface area contributed by atoms with Gasteiger partial charge in [-0.1, -0.05) is 19.1 Å². The second-order valence-corrected chi connectivity index (χ2v) is 5.36. The molecule has 1 aromatic carbocycles. The van der Waals surface area contributed by atoms with Crippen molar-refractivity contribution in [3.63, 3.8) is 0 Å². The Kier molecular flexibility index (Phi) is 5.94. The van der Waals surface area contributed by atoms with Crippen molar-refractivity contribution < 1.29 is 18.3 Å². The molecule has 2 rings (SSSR count). The molecule has 21 heavy (non-hydrogen) atoms. The molecule has 2 atom stereocenters. The van der Waals surface area contributed by atoms with Gasteiger partial charge in [-0.2, -0.15) is 0 Å². The summed E-state index contributed by atoms with van der Waals surface area (Å²) in [6.07, 6.45) is -0.581. The second-order valence-electron chi connectivity index (χ2n) is 5.36. The largest absolute Gasteiger partial charge is 0.490 e. The molecule has 1 aliphatic heterocycles. The summed E-state index contributed by atoms with van der Waals surface area (Å²) in [7, 11) is 0. The molecule has 1 aromatic rings. The minimum atomic E-state index is -2.40. The summed E-state index contributed by atoms with van der Waals surface area (Å²) in [6.45, 7) is 4.75. The highest BCUT2D eigenvalue weighted by Crippen LogP contribution is 2.31. The smallest absolute Gasteiger partial charge is 0.261 e. The van der Waals surface area contributed by atoms with Crippen molar-refractivity contribution in [2.75, 3.05) is 19.8 Å². The van der Waals surface area contributed by atoms with Crippen molar-refractivity contribution >= 4 is 0 Å². The van der Waals surface area contributed by atoms with Gasteiger partial charge in [0.1, 0.15) is 18.5 Å². The minimum Gasteiger partial charge on any atom is -0.490 e. The molecule has 2 unspecified atom stereocenters. The van der Waals surface area contributed by atoms with E-state index in [1.54, 1.807) is 0 Å². The van der Waals surface area contributed by atoms with Crippen molar-refractivity contribution in [2.24, 2.45) is 0 Å². The number of alkyl halides is 2. The van der Waals surface area contributed by atoms with Crippen LogP contribution in [0.2, 0.25) is 0 Å². The van der Waals surface area contributed by atoms with Crippen LogP contribution in [0.1, 0.15) is 37.4 Å². The zero-order chi connectivity index (χ0) is 15.2. The van der Waals surface area contributed by atoms with Gasteiger partial charge in [0.15, 0.2) is 0 Å². The molecule has 1 N–H and O–H groups in total. The quantitative estimate of drug-likeness (QED) is 0.747. The predicted octanol–water partition coefficient (Wildman–Crippen LogP) is 3.33. The second kappa shape index (κ2) is 7.71. The Morgan fingerprint density at radius 3 is 2.95 bits per heavy atom. The molecule has 0 amide bonds. The third kappa shape index (κ3) is 4.64. The Morgan fingerprint density at radius 2 is 2.24 bits per heavy atom. The molecule has 118 valence electrons. The molecule has 0 spiro atoms. The molecule has 1 aliphatic rings. The SMILES string of the molecule is CCNC(CCOCC(F)F)c1ccc2c(c1)CC(C)O2. The summed E-state index contributed by atoms with van der Waals surface area (Å²) in [5.74, 6) is 0.954. The van der Waals surface area contributed by atoms with Crippen LogP contribution in [0.15, 0.2) is 18.2 Å². The number of benzene rings is 1. The third-order valence-electron chi connectivity index (χ3n) is 3.57. The number of halogens is 2. The Balaban J connectivity index is 1.96. The lowest BCUT2D eigenvalue weighted by molar-refractivity contribution is 0.0144. The summed E-state index contributed by atoms with van der Waals surface area (Å²) in [4.78, 5) is 0. The highest BCUT2D eigenvalue weighted by Gasteiger charge is 2.21. The van der Waals surface area contributed by atoms with E-state index in [4.69, 9.17) is 9.47 Å². The van der Waals surface area contributed by atoms with Gasteiger partial charge in [-0.05, 0) is 37.1 Å². The van der Waals surface area contributed by atoms with Crippen LogP contribution in [0.4, 0.5) is 8.78 Å². The molecule has 0 radical (unpaired) electrons. The highest BCUT2D eigenvalue weighted by atomic mass is 19.3. The van der Waals surface area contributed by atoms with Gasteiger partial charge in [0, 0.05) is 19.1 Å². The van der Waals surface area contributed by atoms with E-state index in [0.29, 0.717) is 13.0 Å². The molecule has 0 aliphatic carbocycles. The number of fused-ring (bicyclic) bond motifs is 1. The molecule has 0 saturated heterocycles. The number of ether oxygens (including phenoxy) is 2. The fraction of sp³-hybridized carbons (Fsp3) is 0.625. The lowest BCUT2D eigenvalue weighted by atomic mass is 9.99. The Bertz CT molecular complexity index is 454. The standard InChI is InChI=1S/C16H23F2NO2/c1-3-19-14(6-7-20-10-16(17)18)12-4-5-15-13(9-12)8-11(2)21-15/h4-5,9,11,14,16,19H,3,6-8,10H2,1-2H3. The monoisotopic (exact) mass is 299 g/mol. The third-order valence-corrected chi connectivity index (χ3v) is 3.57. The van der Waals surface area contributed by atoms with Gasteiger partial charge < -0.3 is 14.8 Å². The summed E-state index contributed by atoms with van der Waals surface area (Å²) >= 11 is 0. The van der Waals surface area contributed by atoms with Crippen molar-refractivity contribution in [2.45, 2.75) is 45.3 Å². The van der Waals surface area contributed by atoms with E-state index in [9.17, 15) is 8.78 Å². The molecule has 1 heterocycles. The number of rotatable bonds is 8. The van der Waals surface area contributed by atoms with E-state index in [1.807, 2.05) is 19.1 Å². The summed E-state index contributed by atoms with van der Waals surface area (Å²) < 4.78 is 34.8. The average molecular weight is 299 g/mol. The van der Waals surface area contributed by atoms with Crippen LogP contribution in [-0.2, 0) is 11.2 Å². The van der Waals surface area contributed by atoms with E-state index < -0.39 is 13.0 Å². The first-order valence-electron chi connectivity index (χ1n) is 7.49.